The molecule has 0 aliphatic rings. The van der Waals surface area contributed by atoms with Crippen molar-refractivity contribution in [1.29, 1.82) is 0 Å². The van der Waals surface area contributed by atoms with E-state index in [0.717, 1.165) is 4.90 Å². The number of hydrogen-bond donors (Lipinski definition) is 2. The van der Waals surface area contributed by atoms with Crippen LogP contribution in [0.15, 0.2) is 46.7 Å². The number of rotatable bonds is 4. The van der Waals surface area contributed by atoms with E-state index < -0.39 is 0 Å². The van der Waals surface area contributed by atoms with Crippen LogP contribution in [0.3, 0.4) is 0 Å². The number of oxime groups is 1. The largest absolute Gasteiger partial charge is 0.455 e. The summed E-state index contributed by atoms with van der Waals surface area (Å²) in [7, 11) is 0. The number of ether oxygens (including phenoxy) is 1. The summed E-state index contributed by atoms with van der Waals surface area (Å²) >= 11 is 7.34. The average Bonchev–Trinajstić information content (AvgIpc) is 2.46. The Hall–Kier alpha value is -1.92. The van der Waals surface area contributed by atoms with Crippen molar-refractivity contribution in [2.45, 2.75) is 4.90 Å². The predicted octanol–water partition coefficient (Wildman–Crippen LogP) is 3.34. The molecule has 7 heteroatoms. The van der Waals surface area contributed by atoms with Gasteiger partial charge in [-0.2, -0.15) is 0 Å². The van der Waals surface area contributed by atoms with E-state index in [0.29, 0.717) is 22.1 Å². The quantitative estimate of drug-likeness (QED) is 0.298. The third-order valence-electron chi connectivity index (χ3n) is 2.48. The van der Waals surface area contributed by atoms with E-state index in [-0.39, 0.29) is 5.84 Å². The Morgan fingerprint density at radius 1 is 1.45 bits per heavy atom. The molecular weight excluding hydrogens is 298 g/mol. The zero-order valence-corrected chi connectivity index (χ0v) is 12.1. The van der Waals surface area contributed by atoms with Crippen molar-refractivity contribution in [3.8, 4) is 11.5 Å². The second-order valence-corrected chi connectivity index (χ2v) is 5.04. The summed E-state index contributed by atoms with van der Waals surface area (Å²) in [6.45, 7) is 0. The van der Waals surface area contributed by atoms with Crippen LogP contribution in [0.4, 0.5) is 0 Å². The maximum Gasteiger partial charge on any atom is 0.175 e. The molecule has 0 fully saturated rings. The van der Waals surface area contributed by atoms with Gasteiger partial charge in [-0.25, -0.2) is 0 Å². The first-order chi connectivity index (χ1) is 9.65. The highest BCUT2D eigenvalue weighted by Gasteiger charge is 2.14. The topological polar surface area (TPSA) is 80.7 Å². The Morgan fingerprint density at radius 2 is 2.25 bits per heavy atom. The van der Waals surface area contributed by atoms with Gasteiger partial charge in [0.25, 0.3) is 0 Å². The maximum absolute atomic E-state index is 8.91. The fraction of sp³-hybridized carbons (Fsp3) is 0.0769. The lowest BCUT2D eigenvalue weighted by molar-refractivity contribution is 0.318. The van der Waals surface area contributed by atoms with E-state index in [1.807, 2.05) is 18.4 Å². The van der Waals surface area contributed by atoms with Crippen molar-refractivity contribution in [1.82, 2.24) is 4.98 Å². The molecule has 5 nitrogen and oxygen atoms in total. The Labute approximate surface area is 125 Å². The SMILES string of the molecule is CSc1cccc(Oc2cncc(Cl)c2)c1/C(N)=N/O. The minimum Gasteiger partial charge on any atom is -0.455 e. The monoisotopic (exact) mass is 309 g/mol. The molecule has 3 N–H and O–H groups in total. The average molecular weight is 310 g/mol. The van der Waals surface area contributed by atoms with Gasteiger partial charge in [0.15, 0.2) is 5.84 Å². The van der Waals surface area contributed by atoms with Crippen molar-refractivity contribution >= 4 is 29.2 Å². The lowest BCUT2D eigenvalue weighted by Gasteiger charge is -2.13. The standard InChI is InChI=1S/C13H12ClN3O2S/c1-20-11-4-2-3-10(12(11)13(15)17-18)19-9-5-8(14)6-16-7-9/h2-7,18H,1H3,(H2,15,17). The fourth-order valence-electron chi connectivity index (χ4n) is 1.64. The molecule has 0 bridgehead atoms. The van der Waals surface area contributed by atoms with Crippen LogP contribution in [0.1, 0.15) is 5.56 Å². The van der Waals surface area contributed by atoms with Crippen LogP contribution in [0, 0.1) is 0 Å². The van der Waals surface area contributed by atoms with E-state index >= 15 is 0 Å². The summed E-state index contributed by atoms with van der Waals surface area (Å²) in [6.07, 6.45) is 4.94. The first-order valence-electron chi connectivity index (χ1n) is 5.59. The van der Waals surface area contributed by atoms with E-state index in [4.69, 9.17) is 27.3 Å². The van der Waals surface area contributed by atoms with Gasteiger partial charge < -0.3 is 15.7 Å². The lowest BCUT2D eigenvalue weighted by atomic mass is 10.2. The first-order valence-corrected chi connectivity index (χ1v) is 7.19. The lowest BCUT2D eigenvalue weighted by Crippen LogP contribution is -2.15. The van der Waals surface area contributed by atoms with Crippen LogP contribution >= 0.6 is 23.4 Å². The molecule has 0 atom stereocenters. The number of amidine groups is 1. The number of nitrogens with zero attached hydrogens (tertiary/aromatic N) is 2. The molecule has 20 heavy (non-hydrogen) atoms. The number of hydrogen-bond acceptors (Lipinski definition) is 5. The highest BCUT2D eigenvalue weighted by Crippen LogP contribution is 2.32. The van der Waals surface area contributed by atoms with Gasteiger partial charge in [-0.3, -0.25) is 4.98 Å². The Bertz CT molecular complexity index is 649. The van der Waals surface area contributed by atoms with Crippen molar-refractivity contribution in [2.24, 2.45) is 10.9 Å². The molecule has 0 radical (unpaired) electrons. The van der Waals surface area contributed by atoms with Gasteiger partial charge >= 0.3 is 0 Å². The molecule has 0 saturated carbocycles. The molecule has 104 valence electrons. The molecule has 1 heterocycles. The zero-order valence-electron chi connectivity index (χ0n) is 10.6. The smallest absolute Gasteiger partial charge is 0.175 e. The summed E-state index contributed by atoms with van der Waals surface area (Å²) in [5.74, 6) is 0.930. The third kappa shape index (κ3) is 3.15. The van der Waals surface area contributed by atoms with Crippen LogP contribution in [-0.2, 0) is 0 Å². The number of pyridine rings is 1. The Kier molecular flexibility index (Phi) is 4.70. The van der Waals surface area contributed by atoms with Crippen LogP contribution in [0.25, 0.3) is 0 Å². The number of nitrogens with two attached hydrogens (primary N) is 1. The summed E-state index contributed by atoms with van der Waals surface area (Å²) in [5, 5.41) is 12.4. The molecule has 0 aliphatic carbocycles. The van der Waals surface area contributed by atoms with Crippen LogP contribution in [-0.4, -0.2) is 22.3 Å². The molecule has 0 aliphatic heterocycles. The van der Waals surface area contributed by atoms with E-state index in [9.17, 15) is 0 Å². The van der Waals surface area contributed by atoms with Crippen LogP contribution in [0.2, 0.25) is 5.02 Å². The van der Waals surface area contributed by atoms with Gasteiger partial charge in [0.1, 0.15) is 11.5 Å². The minimum absolute atomic E-state index is 0.0139. The summed E-state index contributed by atoms with van der Waals surface area (Å²) < 4.78 is 5.72. The van der Waals surface area contributed by atoms with Gasteiger partial charge in [-0.05, 0) is 18.4 Å². The predicted molar refractivity (Wildman–Crippen MR) is 80.1 cm³/mol. The highest BCUT2D eigenvalue weighted by molar-refractivity contribution is 7.98. The van der Waals surface area contributed by atoms with Crippen molar-refractivity contribution in [3.63, 3.8) is 0 Å². The fourth-order valence-corrected chi connectivity index (χ4v) is 2.43. The zero-order chi connectivity index (χ0) is 14.5. The first kappa shape index (κ1) is 14.5. The number of thioether (sulfide) groups is 1. The van der Waals surface area contributed by atoms with Gasteiger partial charge in [0.2, 0.25) is 0 Å². The van der Waals surface area contributed by atoms with Crippen molar-refractivity contribution in [2.75, 3.05) is 6.26 Å². The molecule has 0 spiro atoms. The molecule has 2 rings (SSSR count). The molecule has 0 amide bonds. The van der Waals surface area contributed by atoms with Gasteiger partial charge in [0, 0.05) is 17.2 Å². The van der Waals surface area contributed by atoms with E-state index in [2.05, 4.69) is 10.1 Å². The molecule has 0 saturated heterocycles. The summed E-state index contributed by atoms with van der Waals surface area (Å²) in [5.41, 5.74) is 6.25. The Balaban J connectivity index is 2.46. The summed E-state index contributed by atoms with van der Waals surface area (Å²) in [4.78, 5) is 4.79. The van der Waals surface area contributed by atoms with Gasteiger partial charge in [0.05, 0.1) is 16.8 Å². The summed E-state index contributed by atoms with van der Waals surface area (Å²) in [6, 6.07) is 7.05. The van der Waals surface area contributed by atoms with Crippen molar-refractivity contribution < 1.29 is 9.94 Å². The maximum atomic E-state index is 8.91. The van der Waals surface area contributed by atoms with E-state index in [1.54, 1.807) is 12.1 Å². The van der Waals surface area contributed by atoms with Crippen molar-refractivity contribution in [3.05, 3.63) is 47.2 Å². The van der Waals surface area contributed by atoms with Crippen LogP contribution in [0.5, 0.6) is 11.5 Å². The Morgan fingerprint density at radius 3 is 2.90 bits per heavy atom. The molecule has 1 aromatic heterocycles. The molecule has 1 aromatic carbocycles. The van der Waals surface area contributed by atoms with E-state index in [1.165, 1.54) is 24.2 Å². The normalized spacial score (nSPS) is 11.4. The van der Waals surface area contributed by atoms with Gasteiger partial charge in [-0.1, -0.05) is 22.8 Å². The minimum atomic E-state index is -0.0139. The van der Waals surface area contributed by atoms with Crippen LogP contribution < -0.4 is 10.5 Å². The number of aromatic nitrogens is 1. The van der Waals surface area contributed by atoms with Gasteiger partial charge in [-0.15, -0.1) is 11.8 Å². The number of benzene rings is 1. The second-order valence-electron chi connectivity index (χ2n) is 3.76. The molecular formula is C13H12ClN3O2S. The molecule has 0 unspecified atom stereocenters. The second kappa shape index (κ2) is 6.49. The third-order valence-corrected chi connectivity index (χ3v) is 3.47. The molecule has 2 aromatic rings. The highest BCUT2D eigenvalue weighted by atomic mass is 35.5. The number of halogens is 1.